The van der Waals surface area contributed by atoms with Gasteiger partial charge in [0.25, 0.3) is 0 Å². The highest BCUT2D eigenvalue weighted by molar-refractivity contribution is 5.96. The van der Waals surface area contributed by atoms with Gasteiger partial charge in [0, 0.05) is 5.56 Å². The molecule has 76 valence electrons. The Labute approximate surface area is 85.6 Å². The summed E-state index contributed by atoms with van der Waals surface area (Å²) in [5.74, 6) is 0.157. The van der Waals surface area contributed by atoms with Crippen LogP contribution in [0.2, 0.25) is 0 Å². The van der Waals surface area contributed by atoms with Crippen LogP contribution in [0.25, 0.3) is 0 Å². The molecule has 3 N–H and O–H groups in total. The standard InChI is InChI=1S/C12H18N2/c1-3-4-5-10-6-7-11(12(13)14)9(2)8-10/h6-8H,3-5H2,1-2H3,(H3,13,14). The van der Waals surface area contributed by atoms with E-state index in [9.17, 15) is 0 Å². The first-order valence-corrected chi connectivity index (χ1v) is 5.09. The van der Waals surface area contributed by atoms with E-state index in [-0.39, 0.29) is 5.84 Å². The van der Waals surface area contributed by atoms with Gasteiger partial charge >= 0.3 is 0 Å². The van der Waals surface area contributed by atoms with Crippen LogP contribution in [-0.2, 0) is 6.42 Å². The van der Waals surface area contributed by atoms with Gasteiger partial charge in [-0.25, -0.2) is 0 Å². The van der Waals surface area contributed by atoms with Gasteiger partial charge in [-0.2, -0.15) is 0 Å². The van der Waals surface area contributed by atoms with Crippen molar-refractivity contribution in [2.24, 2.45) is 5.73 Å². The van der Waals surface area contributed by atoms with E-state index < -0.39 is 0 Å². The summed E-state index contributed by atoms with van der Waals surface area (Å²) < 4.78 is 0. The fourth-order valence-electron chi connectivity index (χ4n) is 1.56. The molecule has 1 aromatic rings. The second-order valence-corrected chi connectivity index (χ2v) is 3.67. The lowest BCUT2D eigenvalue weighted by molar-refractivity contribution is 0.794. The number of unbranched alkanes of at least 4 members (excludes halogenated alkanes) is 1. The van der Waals surface area contributed by atoms with E-state index in [0.717, 1.165) is 17.5 Å². The molecule has 0 aliphatic heterocycles. The molecule has 2 heteroatoms. The van der Waals surface area contributed by atoms with E-state index >= 15 is 0 Å². The van der Waals surface area contributed by atoms with Crippen LogP contribution in [0.3, 0.4) is 0 Å². The van der Waals surface area contributed by atoms with E-state index in [1.807, 2.05) is 13.0 Å². The number of benzene rings is 1. The highest BCUT2D eigenvalue weighted by atomic mass is 14.7. The van der Waals surface area contributed by atoms with Gasteiger partial charge in [0.2, 0.25) is 0 Å². The normalized spacial score (nSPS) is 10.1. The van der Waals surface area contributed by atoms with E-state index in [0.29, 0.717) is 0 Å². The molecule has 0 heterocycles. The Morgan fingerprint density at radius 3 is 2.64 bits per heavy atom. The quantitative estimate of drug-likeness (QED) is 0.556. The average Bonchev–Trinajstić information content (AvgIpc) is 2.14. The number of amidine groups is 1. The summed E-state index contributed by atoms with van der Waals surface area (Å²) in [6, 6.07) is 6.15. The number of nitrogen functional groups attached to an aromatic ring is 1. The van der Waals surface area contributed by atoms with Crippen LogP contribution in [0, 0.1) is 12.3 Å². The summed E-state index contributed by atoms with van der Waals surface area (Å²) in [6.45, 7) is 4.20. The molecule has 0 spiro atoms. The number of hydrogen-bond acceptors (Lipinski definition) is 1. The van der Waals surface area contributed by atoms with E-state index in [1.165, 1.54) is 18.4 Å². The average molecular weight is 190 g/mol. The van der Waals surface area contributed by atoms with Crippen LogP contribution in [-0.4, -0.2) is 5.84 Å². The highest BCUT2D eigenvalue weighted by Crippen LogP contribution is 2.12. The Morgan fingerprint density at radius 1 is 1.43 bits per heavy atom. The first kappa shape index (κ1) is 10.8. The lowest BCUT2D eigenvalue weighted by Gasteiger charge is -2.06. The molecule has 0 aliphatic carbocycles. The van der Waals surface area contributed by atoms with Crippen molar-refractivity contribution in [3.63, 3.8) is 0 Å². The summed E-state index contributed by atoms with van der Waals surface area (Å²) in [5.41, 5.74) is 8.75. The Balaban J connectivity index is 2.83. The van der Waals surface area contributed by atoms with Crippen molar-refractivity contribution >= 4 is 5.84 Å². The second kappa shape index (κ2) is 4.80. The first-order valence-electron chi connectivity index (χ1n) is 5.09. The van der Waals surface area contributed by atoms with E-state index in [2.05, 4.69) is 19.1 Å². The monoisotopic (exact) mass is 190 g/mol. The third-order valence-corrected chi connectivity index (χ3v) is 2.40. The molecule has 0 bridgehead atoms. The molecule has 0 unspecified atom stereocenters. The molecule has 0 fully saturated rings. The lowest BCUT2D eigenvalue weighted by Crippen LogP contribution is -2.12. The first-order chi connectivity index (χ1) is 6.65. The van der Waals surface area contributed by atoms with Gasteiger partial charge in [-0.1, -0.05) is 31.5 Å². The summed E-state index contributed by atoms with van der Waals surface area (Å²) in [5, 5.41) is 7.36. The topological polar surface area (TPSA) is 49.9 Å². The van der Waals surface area contributed by atoms with Gasteiger partial charge in [0.1, 0.15) is 5.84 Å². The van der Waals surface area contributed by atoms with Crippen LogP contribution in [0.15, 0.2) is 18.2 Å². The predicted octanol–water partition coefficient (Wildman–Crippen LogP) is 2.62. The SMILES string of the molecule is CCCCc1ccc(C(=N)N)c(C)c1. The molecule has 0 saturated carbocycles. The van der Waals surface area contributed by atoms with Crippen molar-refractivity contribution in [1.82, 2.24) is 0 Å². The molecule has 0 atom stereocenters. The van der Waals surface area contributed by atoms with Crippen LogP contribution >= 0.6 is 0 Å². The summed E-state index contributed by atoms with van der Waals surface area (Å²) in [6.07, 6.45) is 3.56. The van der Waals surface area contributed by atoms with Crippen LogP contribution in [0.5, 0.6) is 0 Å². The van der Waals surface area contributed by atoms with Crippen molar-refractivity contribution in [2.45, 2.75) is 33.1 Å². The predicted molar refractivity (Wildman–Crippen MR) is 60.8 cm³/mol. The summed E-state index contributed by atoms with van der Waals surface area (Å²) in [7, 11) is 0. The van der Waals surface area contributed by atoms with Crippen molar-refractivity contribution in [1.29, 1.82) is 5.41 Å². The van der Waals surface area contributed by atoms with Gasteiger partial charge in [-0.3, -0.25) is 5.41 Å². The molecular formula is C12H18N2. The second-order valence-electron chi connectivity index (χ2n) is 3.67. The third-order valence-electron chi connectivity index (χ3n) is 2.40. The van der Waals surface area contributed by atoms with Crippen molar-refractivity contribution in [2.75, 3.05) is 0 Å². The minimum atomic E-state index is 0.157. The maximum atomic E-state index is 7.36. The number of rotatable bonds is 4. The fraction of sp³-hybridized carbons (Fsp3) is 0.417. The zero-order valence-electron chi connectivity index (χ0n) is 8.93. The Bertz CT molecular complexity index is 329. The van der Waals surface area contributed by atoms with Gasteiger partial charge in [0.15, 0.2) is 0 Å². The van der Waals surface area contributed by atoms with Crippen LogP contribution in [0.4, 0.5) is 0 Å². The van der Waals surface area contributed by atoms with Gasteiger partial charge < -0.3 is 5.73 Å². The number of nitrogens with one attached hydrogen (secondary N) is 1. The number of nitrogens with two attached hydrogens (primary N) is 1. The van der Waals surface area contributed by atoms with E-state index in [4.69, 9.17) is 11.1 Å². The zero-order valence-corrected chi connectivity index (χ0v) is 8.93. The van der Waals surface area contributed by atoms with Crippen LogP contribution in [0.1, 0.15) is 36.5 Å². The van der Waals surface area contributed by atoms with Crippen LogP contribution < -0.4 is 5.73 Å². The molecule has 0 aliphatic rings. The van der Waals surface area contributed by atoms with Gasteiger partial charge in [-0.15, -0.1) is 0 Å². The Kier molecular flexibility index (Phi) is 3.69. The molecule has 14 heavy (non-hydrogen) atoms. The number of aryl methyl sites for hydroxylation is 2. The molecule has 0 saturated heterocycles. The maximum Gasteiger partial charge on any atom is 0.123 e. The molecule has 0 radical (unpaired) electrons. The minimum absolute atomic E-state index is 0.157. The fourth-order valence-corrected chi connectivity index (χ4v) is 1.56. The highest BCUT2D eigenvalue weighted by Gasteiger charge is 2.01. The molecule has 1 rings (SSSR count). The smallest absolute Gasteiger partial charge is 0.123 e. The Morgan fingerprint density at radius 2 is 2.14 bits per heavy atom. The lowest BCUT2D eigenvalue weighted by atomic mass is 10.0. The molecule has 2 nitrogen and oxygen atoms in total. The zero-order chi connectivity index (χ0) is 10.6. The third kappa shape index (κ3) is 2.59. The van der Waals surface area contributed by atoms with Gasteiger partial charge in [0.05, 0.1) is 0 Å². The molecule has 0 aromatic heterocycles. The van der Waals surface area contributed by atoms with E-state index in [1.54, 1.807) is 0 Å². The maximum absolute atomic E-state index is 7.36. The molecular weight excluding hydrogens is 172 g/mol. The number of hydrogen-bond donors (Lipinski definition) is 2. The largest absolute Gasteiger partial charge is 0.384 e. The van der Waals surface area contributed by atoms with Crippen molar-refractivity contribution in [3.05, 3.63) is 34.9 Å². The summed E-state index contributed by atoms with van der Waals surface area (Å²) in [4.78, 5) is 0. The Hall–Kier alpha value is -1.31. The van der Waals surface area contributed by atoms with Gasteiger partial charge in [-0.05, 0) is 30.9 Å². The van der Waals surface area contributed by atoms with Crippen molar-refractivity contribution < 1.29 is 0 Å². The van der Waals surface area contributed by atoms with Crippen molar-refractivity contribution in [3.8, 4) is 0 Å². The minimum Gasteiger partial charge on any atom is -0.384 e. The molecule has 1 aromatic carbocycles. The molecule has 0 amide bonds. The summed E-state index contributed by atoms with van der Waals surface area (Å²) >= 11 is 0.